The van der Waals surface area contributed by atoms with Gasteiger partial charge >= 0.3 is 0 Å². The molecule has 1 aromatic rings. The Morgan fingerprint density at radius 1 is 1.31 bits per heavy atom. The molecule has 0 aliphatic carbocycles. The summed E-state index contributed by atoms with van der Waals surface area (Å²) in [5.41, 5.74) is 2.36. The van der Waals surface area contributed by atoms with E-state index in [4.69, 9.17) is 4.84 Å². The van der Waals surface area contributed by atoms with Crippen molar-refractivity contribution < 1.29 is 19.8 Å². The first-order valence-corrected chi connectivity index (χ1v) is 4.94. The molecule has 16 heavy (non-hydrogen) atoms. The summed E-state index contributed by atoms with van der Waals surface area (Å²) in [5, 5.41) is 18.4. The van der Waals surface area contributed by atoms with E-state index >= 15 is 0 Å². The molecule has 0 radical (unpaired) electrons. The van der Waals surface area contributed by atoms with E-state index in [0.717, 1.165) is 6.07 Å². The number of benzene rings is 1. The molecule has 0 spiro atoms. The largest absolute Gasteiger partial charge is 0.508 e. The van der Waals surface area contributed by atoms with Gasteiger partial charge in [-0.3, -0.25) is 9.63 Å². The second-order valence-corrected chi connectivity index (χ2v) is 3.87. The highest BCUT2D eigenvalue weighted by molar-refractivity contribution is 5.94. The summed E-state index contributed by atoms with van der Waals surface area (Å²) in [5.74, 6) is -0.548. The molecule has 3 N–H and O–H groups in total. The van der Waals surface area contributed by atoms with Crippen LogP contribution in [0.15, 0.2) is 18.2 Å². The number of hydrogen-bond acceptors (Lipinski definition) is 4. The molecule has 0 saturated heterocycles. The molecule has 1 amide bonds. The van der Waals surface area contributed by atoms with Crippen LogP contribution in [0, 0.1) is 5.92 Å². The summed E-state index contributed by atoms with van der Waals surface area (Å²) in [6, 6.07) is 3.63. The fourth-order valence-corrected chi connectivity index (χ4v) is 1.06. The minimum Gasteiger partial charge on any atom is -0.508 e. The van der Waals surface area contributed by atoms with Gasteiger partial charge in [0, 0.05) is 11.6 Å². The van der Waals surface area contributed by atoms with Crippen LogP contribution < -0.4 is 5.48 Å². The molecule has 0 unspecified atom stereocenters. The first kappa shape index (κ1) is 12.3. The van der Waals surface area contributed by atoms with Gasteiger partial charge in [-0.15, -0.1) is 0 Å². The van der Waals surface area contributed by atoms with Crippen molar-refractivity contribution in [2.75, 3.05) is 6.61 Å². The number of hydroxylamine groups is 1. The number of nitrogens with one attached hydrogen (secondary N) is 1. The Labute approximate surface area is 93.6 Å². The van der Waals surface area contributed by atoms with E-state index in [1.165, 1.54) is 12.1 Å². The molecular formula is C11H15NO4. The Kier molecular flexibility index (Phi) is 4.13. The maximum absolute atomic E-state index is 11.5. The van der Waals surface area contributed by atoms with E-state index in [2.05, 4.69) is 5.48 Å². The number of rotatable bonds is 4. The zero-order valence-corrected chi connectivity index (χ0v) is 9.23. The third kappa shape index (κ3) is 3.78. The number of aromatic hydroxyl groups is 2. The van der Waals surface area contributed by atoms with Crippen molar-refractivity contribution in [2.24, 2.45) is 5.92 Å². The van der Waals surface area contributed by atoms with Gasteiger partial charge in [0.25, 0.3) is 5.91 Å². The highest BCUT2D eigenvalue weighted by Gasteiger charge is 2.08. The molecule has 1 rings (SSSR count). The predicted octanol–water partition coefficient (Wildman–Crippen LogP) is 1.42. The molecule has 0 heterocycles. The Balaban J connectivity index is 2.59. The van der Waals surface area contributed by atoms with Crippen molar-refractivity contribution in [3.05, 3.63) is 23.8 Å². The minimum absolute atomic E-state index is 0.140. The molecule has 0 bridgehead atoms. The molecule has 5 heteroatoms. The lowest BCUT2D eigenvalue weighted by molar-refractivity contribution is 0.0208. The van der Waals surface area contributed by atoms with Gasteiger partial charge in [0.1, 0.15) is 11.5 Å². The lowest BCUT2D eigenvalue weighted by Crippen LogP contribution is -2.25. The molecule has 0 aliphatic rings. The van der Waals surface area contributed by atoms with Crippen LogP contribution in [0.4, 0.5) is 0 Å². The Bertz CT molecular complexity index is 356. The summed E-state index contributed by atoms with van der Waals surface area (Å²) in [4.78, 5) is 16.4. The minimum atomic E-state index is -0.508. The zero-order chi connectivity index (χ0) is 12.1. The van der Waals surface area contributed by atoms with E-state index in [0.29, 0.717) is 12.5 Å². The molecule has 0 saturated carbocycles. The second kappa shape index (κ2) is 5.37. The summed E-state index contributed by atoms with van der Waals surface area (Å²) >= 11 is 0. The van der Waals surface area contributed by atoms with E-state index in [-0.39, 0.29) is 17.1 Å². The van der Waals surface area contributed by atoms with Crippen molar-refractivity contribution in [1.82, 2.24) is 5.48 Å². The topological polar surface area (TPSA) is 78.8 Å². The molecule has 0 atom stereocenters. The predicted molar refractivity (Wildman–Crippen MR) is 58.0 cm³/mol. The third-order valence-electron chi connectivity index (χ3n) is 1.75. The maximum Gasteiger partial charge on any atom is 0.275 e. The zero-order valence-electron chi connectivity index (χ0n) is 9.23. The smallest absolute Gasteiger partial charge is 0.275 e. The van der Waals surface area contributed by atoms with Crippen LogP contribution in [0.5, 0.6) is 11.5 Å². The Morgan fingerprint density at radius 2 is 1.88 bits per heavy atom. The number of phenolic OH excluding ortho intramolecular Hbond substituents is 2. The van der Waals surface area contributed by atoms with Gasteiger partial charge in [-0.25, -0.2) is 5.48 Å². The van der Waals surface area contributed by atoms with Gasteiger partial charge in [-0.1, -0.05) is 13.8 Å². The van der Waals surface area contributed by atoms with Crippen LogP contribution in [0.3, 0.4) is 0 Å². The van der Waals surface area contributed by atoms with Crippen molar-refractivity contribution in [2.45, 2.75) is 13.8 Å². The third-order valence-corrected chi connectivity index (χ3v) is 1.75. The van der Waals surface area contributed by atoms with Gasteiger partial charge in [0.2, 0.25) is 0 Å². The van der Waals surface area contributed by atoms with Gasteiger partial charge in [-0.2, -0.15) is 0 Å². The van der Waals surface area contributed by atoms with Crippen LogP contribution in [-0.2, 0) is 4.84 Å². The molecule has 88 valence electrons. The SMILES string of the molecule is CC(C)CONC(=O)c1cc(O)cc(O)c1. The monoisotopic (exact) mass is 225 g/mol. The maximum atomic E-state index is 11.5. The van der Waals surface area contributed by atoms with Crippen LogP contribution in [0.2, 0.25) is 0 Å². The summed E-state index contributed by atoms with van der Waals surface area (Å²) < 4.78 is 0. The molecule has 0 aromatic heterocycles. The molecule has 1 aromatic carbocycles. The van der Waals surface area contributed by atoms with Gasteiger partial charge in [0.05, 0.1) is 6.61 Å². The highest BCUT2D eigenvalue weighted by atomic mass is 16.6. The van der Waals surface area contributed by atoms with E-state index in [1.54, 1.807) is 0 Å². The quantitative estimate of drug-likeness (QED) is 0.677. The average molecular weight is 225 g/mol. The second-order valence-electron chi connectivity index (χ2n) is 3.87. The number of hydrogen-bond donors (Lipinski definition) is 3. The summed E-state index contributed by atoms with van der Waals surface area (Å²) in [6.45, 7) is 4.30. The molecule has 0 aliphatic heterocycles. The van der Waals surface area contributed by atoms with E-state index in [9.17, 15) is 15.0 Å². The lowest BCUT2D eigenvalue weighted by Gasteiger charge is -2.08. The number of carbonyl (C=O) groups excluding carboxylic acids is 1. The highest BCUT2D eigenvalue weighted by Crippen LogP contribution is 2.20. The first-order chi connectivity index (χ1) is 7.49. The van der Waals surface area contributed by atoms with Gasteiger partial charge < -0.3 is 10.2 Å². The molecule has 5 nitrogen and oxygen atoms in total. The van der Waals surface area contributed by atoms with E-state index < -0.39 is 5.91 Å². The van der Waals surface area contributed by atoms with Gasteiger partial charge in [-0.05, 0) is 18.1 Å². The molecular weight excluding hydrogens is 210 g/mol. The number of carbonyl (C=O) groups is 1. The van der Waals surface area contributed by atoms with Crippen molar-refractivity contribution in [1.29, 1.82) is 0 Å². The van der Waals surface area contributed by atoms with Crippen LogP contribution in [0.25, 0.3) is 0 Å². The van der Waals surface area contributed by atoms with Crippen molar-refractivity contribution in [3.8, 4) is 11.5 Å². The van der Waals surface area contributed by atoms with E-state index in [1.807, 2.05) is 13.8 Å². The summed E-state index contributed by atoms with van der Waals surface area (Å²) in [6.07, 6.45) is 0. The standard InChI is InChI=1S/C11H15NO4/c1-7(2)6-16-12-11(15)8-3-9(13)5-10(14)4-8/h3-5,7,13-14H,6H2,1-2H3,(H,12,15). The average Bonchev–Trinajstić information content (AvgIpc) is 2.15. The lowest BCUT2D eigenvalue weighted by atomic mass is 10.2. The normalized spacial score (nSPS) is 10.4. The number of phenols is 2. The Hall–Kier alpha value is -1.75. The van der Waals surface area contributed by atoms with Crippen LogP contribution in [-0.4, -0.2) is 22.7 Å². The van der Waals surface area contributed by atoms with Gasteiger partial charge in [0.15, 0.2) is 0 Å². The summed E-state index contributed by atoms with van der Waals surface area (Å²) in [7, 11) is 0. The van der Waals surface area contributed by atoms with Crippen molar-refractivity contribution in [3.63, 3.8) is 0 Å². The van der Waals surface area contributed by atoms with Crippen LogP contribution in [0.1, 0.15) is 24.2 Å². The Morgan fingerprint density at radius 3 is 2.38 bits per heavy atom. The van der Waals surface area contributed by atoms with Crippen LogP contribution >= 0.6 is 0 Å². The first-order valence-electron chi connectivity index (χ1n) is 4.94. The number of amides is 1. The fourth-order valence-electron chi connectivity index (χ4n) is 1.06. The van der Waals surface area contributed by atoms with Crippen molar-refractivity contribution >= 4 is 5.91 Å². The fraction of sp³-hybridized carbons (Fsp3) is 0.364. The molecule has 0 fully saturated rings.